The number of benzene rings is 1. The maximum atomic E-state index is 10.7. The van der Waals surface area contributed by atoms with Crippen molar-refractivity contribution in [2.75, 3.05) is 12.0 Å². The van der Waals surface area contributed by atoms with E-state index in [1.165, 1.54) is 23.9 Å². The minimum atomic E-state index is -1.04. The highest BCUT2D eigenvalue weighted by Crippen LogP contribution is 2.20. The van der Waals surface area contributed by atoms with Crippen molar-refractivity contribution >= 4 is 34.3 Å². The average Bonchev–Trinajstić information content (AvgIpc) is 2.16. The Morgan fingerprint density at radius 3 is 2.67 bits per heavy atom. The van der Waals surface area contributed by atoms with Crippen LogP contribution in [0.4, 0.5) is 11.4 Å². The van der Waals surface area contributed by atoms with Crippen molar-refractivity contribution in [3.8, 4) is 0 Å². The molecule has 1 aromatic rings. The summed E-state index contributed by atoms with van der Waals surface area (Å²) in [7, 11) is 0. The third kappa shape index (κ3) is 3.17. The number of hydrogen-bond donors (Lipinski definition) is 3. The number of nitrogen functional groups attached to an aromatic ring is 1. The zero-order valence-corrected chi connectivity index (χ0v) is 8.91. The Hall–Kier alpha value is -1.69. The van der Waals surface area contributed by atoms with Gasteiger partial charge < -0.3 is 16.6 Å². The van der Waals surface area contributed by atoms with Crippen molar-refractivity contribution in [3.05, 3.63) is 23.8 Å². The van der Waals surface area contributed by atoms with Crippen molar-refractivity contribution in [1.29, 1.82) is 0 Å². The van der Waals surface area contributed by atoms with E-state index in [1.807, 2.05) is 0 Å². The molecule has 0 aromatic heterocycles. The van der Waals surface area contributed by atoms with Gasteiger partial charge in [0.2, 0.25) is 0 Å². The highest BCUT2D eigenvalue weighted by atomic mass is 32.2. The zero-order valence-electron chi connectivity index (χ0n) is 8.10. The summed E-state index contributed by atoms with van der Waals surface area (Å²) in [6, 6.07) is 4.36. The van der Waals surface area contributed by atoms with Crippen LogP contribution in [0.2, 0.25) is 0 Å². The number of thioether (sulfide) groups is 1. The highest BCUT2D eigenvalue weighted by Gasteiger charge is 2.05. The van der Waals surface area contributed by atoms with Crippen LogP contribution in [0.5, 0.6) is 0 Å². The van der Waals surface area contributed by atoms with Crippen molar-refractivity contribution < 1.29 is 9.90 Å². The fraction of sp³-hybridized carbons (Fsp3) is 0.111. The number of aliphatic imine (C=N–C) groups is 1. The van der Waals surface area contributed by atoms with E-state index in [1.54, 1.807) is 12.3 Å². The van der Waals surface area contributed by atoms with Crippen molar-refractivity contribution in [2.24, 2.45) is 10.7 Å². The van der Waals surface area contributed by atoms with Gasteiger partial charge in [-0.2, -0.15) is 0 Å². The minimum absolute atomic E-state index is 0.0997. The molecule has 6 heteroatoms. The molecule has 0 heterocycles. The number of nitrogens with zero attached hydrogens (tertiary/aromatic N) is 1. The molecule has 0 fully saturated rings. The molecule has 0 radical (unpaired) electrons. The summed E-state index contributed by atoms with van der Waals surface area (Å²) in [6.07, 6.45) is 1.78. The van der Waals surface area contributed by atoms with Crippen molar-refractivity contribution in [2.45, 2.75) is 0 Å². The second-order valence-corrected chi connectivity index (χ2v) is 3.60. The summed E-state index contributed by atoms with van der Waals surface area (Å²) < 4.78 is 0. The number of carboxylic acid groups (broad SMARTS) is 1. The topological polar surface area (TPSA) is 102 Å². The minimum Gasteiger partial charge on any atom is -0.478 e. The van der Waals surface area contributed by atoms with Gasteiger partial charge in [-0.25, -0.2) is 9.79 Å². The standard InChI is InChI=1S/C9H11N3O2S/c1-15-9(11)12-7-3-5(8(13)14)2-6(10)4-7/h2-4H,10H2,1H3,(H2,11,12)(H,13,14). The fourth-order valence-corrected chi connectivity index (χ4v) is 1.19. The second-order valence-electron chi connectivity index (χ2n) is 2.77. The molecule has 80 valence electrons. The molecule has 15 heavy (non-hydrogen) atoms. The number of rotatable bonds is 2. The molecule has 0 aliphatic carbocycles. The summed E-state index contributed by atoms with van der Waals surface area (Å²) in [5.41, 5.74) is 11.9. The van der Waals surface area contributed by atoms with Gasteiger partial charge in [0.25, 0.3) is 0 Å². The molecule has 0 bridgehead atoms. The Balaban J connectivity index is 3.15. The van der Waals surface area contributed by atoms with Crippen LogP contribution >= 0.6 is 11.8 Å². The fourth-order valence-electron chi connectivity index (χ4n) is 0.996. The van der Waals surface area contributed by atoms with Gasteiger partial charge >= 0.3 is 5.97 Å². The van der Waals surface area contributed by atoms with Crippen LogP contribution in [-0.4, -0.2) is 22.5 Å². The van der Waals surface area contributed by atoms with Gasteiger partial charge in [-0.3, -0.25) is 0 Å². The van der Waals surface area contributed by atoms with E-state index in [4.69, 9.17) is 16.6 Å². The maximum absolute atomic E-state index is 10.7. The van der Waals surface area contributed by atoms with Gasteiger partial charge in [0.15, 0.2) is 5.17 Å². The molecule has 1 aromatic carbocycles. The van der Waals surface area contributed by atoms with E-state index in [-0.39, 0.29) is 5.56 Å². The van der Waals surface area contributed by atoms with Gasteiger partial charge in [-0.1, -0.05) is 11.8 Å². The highest BCUT2D eigenvalue weighted by molar-refractivity contribution is 8.13. The predicted octanol–water partition coefficient (Wildman–Crippen LogP) is 1.28. The third-order valence-corrected chi connectivity index (χ3v) is 2.15. The summed E-state index contributed by atoms with van der Waals surface area (Å²) in [5.74, 6) is -1.04. The molecule has 0 saturated carbocycles. The predicted molar refractivity (Wildman–Crippen MR) is 62.6 cm³/mol. The lowest BCUT2D eigenvalue weighted by molar-refractivity contribution is 0.0697. The van der Waals surface area contributed by atoms with Gasteiger partial charge in [0.05, 0.1) is 11.3 Å². The van der Waals surface area contributed by atoms with E-state index in [0.717, 1.165) is 0 Å². The van der Waals surface area contributed by atoms with Crippen LogP contribution in [0.3, 0.4) is 0 Å². The lowest BCUT2D eigenvalue weighted by atomic mass is 10.2. The lowest BCUT2D eigenvalue weighted by Gasteiger charge is -2.01. The molecule has 0 spiro atoms. The monoisotopic (exact) mass is 225 g/mol. The number of nitrogens with two attached hydrogens (primary N) is 2. The third-order valence-electron chi connectivity index (χ3n) is 1.64. The van der Waals surface area contributed by atoms with Crippen molar-refractivity contribution in [1.82, 2.24) is 0 Å². The second kappa shape index (κ2) is 4.70. The quantitative estimate of drug-likeness (QED) is 0.399. The lowest BCUT2D eigenvalue weighted by Crippen LogP contribution is -2.04. The number of anilines is 1. The molecule has 5 nitrogen and oxygen atoms in total. The maximum Gasteiger partial charge on any atom is 0.335 e. The molecule has 1 rings (SSSR count). The van der Waals surface area contributed by atoms with Crippen LogP contribution < -0.4 is 11.5 Å². The van der Waals surface area contributed by atoms with Gasteiger partial charge in [0.1, 0.15) is 0 Å². The van der Waals surface area contributed by atoms with Crippen LogP contribution in [0.15, 0.2) is 23.2 Å². The molecule has 0 aliphatic heterocycles. The van der Waals surface area contributed by atoms with E-state index >= 15 is 0 Å². The van der Waals surface area contributed by atoms with E-state index in [0.29, 0.717) is 16.5 Å². The Morgan fingerprint density at radius 1 is 1.47 bits per heavy atom. The molecule has 0 saturated heterocycles. The zero-order chi connectivity index (χ0) is 11.4. The van der Waals surface area contributed by atoms with Crippen LogP contribution in [-0.2, 0) is 0 Å². The summed E-state index contributed by atoms with van der Waals surface area (Å²) >= 11 is 1.28. The van der Waals surface area contributed by atoms with Crippen molar-refractivity contribution in [3.63, 3.8) is 0 Å². The van der Waals surface area contributed by atoms with Crippen LogP contribution in [0.1, 0.15) is 10.4 Å². The summed E-state index contributed by atoms with van der Waals surface area (Å²) in [6.45, 7) is 0. The molecule has 5 N–H and O–H groups in total. The Labute approximate surface area is 91.2 Å². The SMILES string of the molecule is CSC(N)=Nc1cc(N)cc(C(=O)O)c1. The Kier molecular flexibility index (Phi) is 3.56. The van der Waals surface area contributed by atoms with Gasteiger partial charge in [0, 0.05) is 5.69 Å². The first-order chi connectivity index (χ1) is 7.02. The molecule has 0 unspecified atom stereocenters. The van der Waals surface area contributed by atoms with E-state index < -0.39 is 5.97 Å². The van der Waals surface area contributed by atoms with Crippen LogP contribution in [0, 0.1) is 0 Å². The molecule has 0 atom stereocenters. The Morgan fingerprint density at radius 2 is 2.13 bits per heavy atom. The number of hydrogen-bond acceptors (Lipinski definition) is 4. The molecular formula is C9H11N3O2S. The molecule has 0 amide bonds. The van der Waals surface area contributed by atoms with Gasteiger partial charge in [-0.15, -0.1) is 0 Å². The van der Waals surface area contributed by atoms with Gasteiger partial charge in [-0.05, 0) is 24.5 Å². The summed E-state index contributed by atoms with van der Waals surface area (Å²) in [4.78, 5) is 14.7. The number of carboxylic acids is 1. The van der Waals surface area contributed by atoms with E-state index in [9.17, 15) is 4.79 Å². The largest absolute Gasteiger partial charge is 0.478 e. The first kappa shape index (κ1) is 11.4. The summed E-state index contributed by atoms with van der Waals surface area (Å²) in [5, 5.41) is 9.14. The number of aromatic carboxylic acids is 1. The molecular weight excluding hydrogens is 214 g/mol. The number of carbonyl (C=O) groups is 1. The first-order valence-corrected chi connectivity index (χ1v) is 5.27. The first-order valence-electron chi connectivity index (χ1n) is 4.05. The Bertz CT molecular complexity index is 418. The number of amidine groups is 1. The van der Waals surface area contributed by atoms with E-state index in [2.05, 4.69) is 4.99 Å². The normalized spacial score (nSPS) is 11.4. The van der Waals surface area contributed by atoms with Crippen LogP contribution in [0.25, 0.3) is 0 Å². The smallest absolute Gasteiger partial charge is 0.335 e. The average molecular weight is 225 g/mol. The molecule has 0 aliphatic rings.